The number of nitrogens with one attached hydrogen (secondary N) is 2. The molecule has 0 bridgehead atoms. The Kier molecular flexibility index (Phi) is 9.13. The van der Waals surface area contributed by atoms with E-state index in [1.165, 1.54) is 18.2 Å². The summed E-state index contributed by atoms with van der Waals surface area (Å²) < 4.78 is 18.9. The van der Waals surface area contributed by atoms with Crippen molar-refractivity contribution in [3.63, 3.8) is 0 Å². The van der Waals surface area contributed by atoms with Crippen LogP contribution in [0.1, 0.15) is 21.5 Å². The lowest BCUT2D eigenvalue weighted by Gasteiger charge is -2.38. The van der Waals surface area contributed by atoms with Crippen molar-refractivity contribution in [3.8, 4) is 5.75 Å². The molecule has 0 aromatic heterocycles. The highest BCUT2D eigenvalue weighted by molar-refractivity contribution is 6.05. The van der Waals surface area contributed by atoms with Crippen molar-refractivity contribution in [3.05, 3.63) is 126 Å². The number of hydrogen-bond acceptors (Lipinski definition) is 5. The number of para-hydroxylation sites is 2. The highest BCUT2D eigenvalue weighted by Gasteiger charge is 2.24. The maximum atomic E-state index is 13.5. The van der Waals surface area contributed by atoms with Gasteiger partial charge >= 0.3 is 0 Å². The third-order valence-electron chi connectivity index (χ3n) is 7.15. The number of amides is 2. The fraction of sp³-hybridized carbons (Fsp3) is 0.176. The van der Waals surface area contributed by atoms with Gasteiger partial charge in [-0.05, 0) is 59.7 Å². The molecule has 42 heavy (non-hydrogen) atoms. The van der Waals surface area contributed by atoms with Crippen molar-refractivity contribution < 1.29 is 18.7 Å². The second kappa shape index (κ2) is 13.5. The number of carbonyl (C=O) groups is 2. The maximum Gasteiger partial charge on any atom is 0.253 e. The van der Waals surface area contributed by atoms with Crippen molar-refractivity contribution in [2.45, 2.75) is 6.54 Å². The summed E-state index contributed by atoms with van der Waals surface area (Å²) in [4.78, 5) is 30.6. The molecule has 2 amide bonds. The summed E-state index contributed by atoms with van der Waals surface area (Å²) in [6.45, 7) is 3.14. The number of ether oxygens (including phenoxy) is 1. The van der Waals surface area contributed by atoms with Crippen molar-refractivity contribution in [1.29, 1.82) is 0 Å². The fourth-order valence-corrected chi connectivity index (χ4v) is 4.95. The molecule has 1 heterocycles. The first-order valence-corrected chi connectivity index (χ1v) is 13.8. The maximum absolute atomic E-state index is 13.5. The zero-order valence-electron chi connectivity index (χ0n) is 23.4. The molecule has 7 nitrogen and oxygen atoms in total. The average molecular weight is 565 g/mol. The van der Waals surface area contributed by atoms with Gasteiger partial charge in [0.15, 0.2) is 0 Å². The van der Waals surface area contributed by atoms with Crippen molar-refractivity contribution in [2.75, 3.05) is 48.4 Å². The number of carbonyl (C=O) groups excluding carboxylic acids is 2. The minimum absolute atomic E-state index is 0.247. The Hall–Kier alpha value is -5.11. The van der Waals surface area contributed by atoms with Gasteiger partial charge in [-0.1, -0.05) is 54.6 Å². The lowest BCUT2D eigenvalue weighted by Crippen LogP contribution is -2.47. The Morgan fingerprint density at radius 3 is 2.21 bits per heavy atom. The summed E-state index contributed by atoms with van der Waals surface area (Å²) in [5.74, 6) is -0.0790. The molecule has 0 saturated carbocycles. The minimum Gasteiger partial charge on any atom is -0.495 e. The van der Waals surface area contributed by atoms with Crippen molar-refractivity contribution in [2.24, 2.45) is 0 Å². The summed E-state index contributed by atoms with van der Waals surface area (Å²) in [7, 11) is 1.67. The van der Waals surface area contributed by atoms with Gasteiger partial charge in [-0.3, -0.25) is 9.59 Å². The van der Waals surface area contributed by atoms with Gasteiger partial charge in [-0.15, -0.1) is 0 Å². The molecule has 0 unspecified atom stereocenters. The molecule has 5 rings (SSSR count). The van der Waals surface area contributed by atoms with E-state index in [1.54, 1.807) is 31.4 Å². The van der Waals surface area contributed by atoms with E-state index in [-0.39, 0.29) is 24.2 Å². The topological polar surface area (TPSA) is 73.9 Å². The minimum atomic E-state index is -0.329. The predicted octanol–water partition coefficient (Wildman–Crippen LogP) is 5.74. The number of halogens is 1. The first-order valence-electron chi connectivity index (χ1n) is 13.8. The number of anilines is 3. The van der Waals surface area contributed by atoms with Crippen LogP contribution < -0.4 is 25.2 Å². The lowest BCUT2D eigenvalue weighted by molar-refractivity contribution is -0.111. The highest BCUT2D eigenvalue weighted by Crippen LogP contribution is 2.31. The SMILES string of the molecule is COc1ccccc1N1CCN(c2ccc(NC(=O)/C=C/c3ccccc3)cc2C(=O)NCc2ccc(F)cc2)CC1. The highest BCUT2D eigenvalue weighted by atomic mass is 19.1. The van der Waals surface area contributed by atoms with E-state index < -0.39 is 0 Å². The molecule has 2 N–H and O–H groups in total. The van der Waals surface area contributed by atoms with Crippen LogP contribution in [0.15, 0.2) is 103 Å². The Morgan fingerprint density at radius 1 is 0.833 bits per heavy atom. The van der Waals surface area contributed by atoms with Crippen LogP contribution in [-0.2, 0) is 11.3 Å². The van der Waals surface area contributed by atoms with Gasteiger partial charge in [-0.25, -0.2) is 4.39 Å². The largest absolute Gasteiger partial charge is 0.495 e. The summed E-state index contributed by atoms with van der Waals surface area (Å²) in [6.07, 6.45) is 3.20. The van der Waals surface area contributed by atoms with Crippen LogP contribution >= 0.6 is 0 Å². The van der Waals surface area contributed by atoms with Crippen LogP contribution in [0.25, 0.3) is 6.08 Å². The number of piperazine rings is 1. The first kappa shape index (κ1) is 28.4. The number of rotatable bonds is 9. The van der Waals surface area contributed by atoms with Gasteiger partial charge in [0.05, 0.1) is 18.4 Å². The van der Waals surface area contributed by atoms with Crippen molar-refractivity contribution >= 4 is 35.0 Å². The molecule has 4 aromatic rings. The molecule has 1 aliphatic rings. The Bertz CT molecular complexity index is 1550. The van der Waals surface area contributed by atoms with Gasteiger partial charge < -0.3 is 25.2 Å². The lowest BCUT2D eigenvalue weighted by atomic mass is 10.1. The standard InChI is InChI=1S/C34H33FN4O3/c1-42-32-10-6-5-9-31(32)39-21-19-38(20-22-39)30-17-16-28(37-33(40)18-13-25-7-3-2-4-8-25)23-29(30)34(41)36-24-26-11-14-27(35)15-12-26/h2-18,23H,19-22,24H2,1H3,(H,36,41)(H,37,40)/b18-13+. The van der Waals surface area contributed by atoms with E-state index in [2.05, 4.69) is 20.4 Å². The van der Waals surface area contributed by atoms with E-state index in [4.69, 9.17) is 4.74 Å². The molecule has 1 aliphatic heterocycles. The van der Waals surface area contributed by atoms with Crippen LogP contribution in [-0.4, -0.2) is 45.1 Å². The van der Waals surface area contributed by atoms with E-state index in [1.807, 2.05) is 66.7 Å². The Labute approximate surface area is 245 Å². The summed E-state index contributed by atoms with van der Waals surface area (Å²) in [5, 5.41) is 5.82. The van der Waals surface area contributed by atoms with E-state index >= 15 is 0 Å². The zero-order valence-corrected chi connectivity index (χ0v) is 23.4. The molecule has 0 atom stereocenters. The van der Waals surface area contributed by atoms with Crippen LogP contribution in [0.4, 0.5) is 21.5 Å². The predicted molar refractivity (Wildman–Crippen MR) is 166 cm³/mol. The van der Waals surface area contributed by atoms with Crippen LogP contribution in [0.5, 0.6) is 5.75 Å². The molecule has 8 heteroatoms. The second-order valence-electron chi connectivity index (χ2n) is 9.92. The van der Waals surface area contributed by atoms with Gasteiger partial charge in [0, 0.05) is 50.2 Å². The van der Waals surface area contributed by atoms with Crippen LogP contribution in [0.2, 0.25) is 0 Å². The third-order valence-corrected chi connectivity index (χ3v) is 7.15. The average Bonchev–Trinajstić information content (AvgIpc) is 3.04. The molecule has 1 fully saturated rings. The number of methoxy groups -OCH3 is 1. The quantitative estimate of drug-likeness (QED) is 0.254. The number of nitrogens with zero attached hydrogens (tertiary/aromatic N) is 2. The van der Waals surface area contributed by atoms with Gasteiger partial charge in [-0.2, -0.15) is 0 Å². The summed E-state index contributed by atoms with van der Waals surface area (Å²) in [5.41, 5.74) is 4.49. The Morgan fingerprint density at radius 2 is 1.50 bits per heavy atom. The number of hydrogen-bond donors (Lipinski definition) is 2. The Balaban J connectivity index is 1.33. The fourth-order valence-electron chi connectivity index (χ4n) is 4.95. The molecular formula is C34H33FN4O3. The van der Waals surface area contributed by atoms with E-state index in [9.17, 15) is 14.0 Å². The monoisotopic (exact) mass is 564 g/mol. The molecule has 0 radical (unpaired) electrons. The first-order chi connectivity index (χ1) is 20.5. The van der Waals surface area contributed by atoms with E-state index in [0.29, 0.717) is 24.3 Å². The summed E-state index contributed by atoms with van der Waals surface area (Å²) >= 11 is 0. The van der Waals surface area contributed by atoms with Crippen LogP contribution in [0, 0.1) is 5.82 Å². The smallest absolute Gasteiger partial charge is 0.253 e. The molecular weight excluding hydrogens is 531 g/mol. The molecule has 1 saturated heterocycles. The normalized spacial score (nSPS) is 13.2. The van der Waals surface area contributed by atoms with Crippen molar-refractivity contribution in [1.82, 2.24) is 5.32 Å². The zero-order chi connectivity index (χ0) is 29.3. The van der Waals surface area contributed by atoms with Gasteiger partial charge in [0.1, 0.15) is 11.6 Å². The third kappa shape index (κ3) is 7.14. The second-order valence-corrected chi connectivity index (χ2v) is 9.92. The van der Waals surface area contributed by atoms with Crippen LogP contribution in [0.3, 0.4) is 0 Å². The number of benzene rings is 4. The van der Waals surface area contributed by atoms with E-state index in [0.717, 1.165) is 41.3 Å². The van der Waals surface area contributed by atoms with Gasteiger partial charge in [0.2, 0.25) is 5.91 Å². The molecule has 0 aliphatic carbocycles. The molecule has 214 valence electrons. The molecule has 4 aromatic carbocycles. The summed E-state index contributed by atoms with van der Waals surface area (Å²) in [6, 6.07) is 28.9. The van der Waals surface area contributed by atoms with Gasteiger partial charge in [0.25, 0.3) is 5.91 Å². The molecule has 0 spiro atoms.